The van der Waals surface area contributed by atoms with Gasteiger partial charge < -0.3 is 9.80 Å². The third-order valence-electron chi connectivity index (χ3n) is 3.73. The first-order chi connectivity index (χ1) is 10.7. The van der Waals surface area contributed by atoms with Crippen molar-refractivity contribution in [1.29, 1.82) is 0 Å². The molecule has 1 aliphatic heterocycles. The first-order valence-electron chi connectivity index (χ1n) is 7.61. The Bertz CT molecular complexity index is 578. The number of nitrogens with zero attached hydrogens (tertiary/aromatic N) is 2. The van der Waals surface area contributed by atoms with E-state index >= 15 is 0 Å². The number of allylic oxidation sites excluding steroid dienone is 1. The molecular weight excluding hydrogens is 276 g/mol. The van der Waals surface area contributed by atoms with Gasteiger partial charge in [0.15, 0.2) is 0 Å². The SMILES string of the molecule is C=CCN1CN(CC)C(=O)/C(=C/CCc2ccccc2)C1=O. The Labute approximate surface area is 131 Å². The molecule has 0 spiro atoms. The van der Waals surface area contributed by atoms with Gasteiger partial charge >= 0.3 is 0 Å². The second-order valence-corrected chi connectivity index (χ2v) is 5.26. The lowest BCUT2D eigenvalue weighted by atomic mass is 10.1. The molecule has 2 amide bonds. The van der Waals surface area contributed by atoms with Crippen LogP contribution >= 0.6 is 0 Å². The summed E-state index contributed by atoms with van der Waals surface area (Å²) in [5, 5.41) is 0. The second-order valence-electron chi connectivity index (χ2n) is 5.26. The third-order valence-corrected chi connectivity index (χ3v) is 3.73. The molecule has 116 valence electrons. The molecular formula is C18H22N2O2. The first-order valence-corrected chi connectivity index (χ1v) is 7.61. The molecule has 2 rings (SSSR count). The number of rotatable bonds is 6. The Morgan fingerprint density at radius 2 is 1.82 bits per heavy atom. The molecule has 1 aliphatic rings. The van der Waals surface area contributed by atoms with Crippen LogP contribution in [0, 0.1) is 0 Å². The largest absolute Gasteiger partial charge is 0.321 e. The van der Waals surface area contributed by atoms with E-state index in [2.05, 4.69) is 6.58 Å². The molecule has 0 unspecified atom stereocenters. The maximum atomic E-state index is 12.4. The maximum absolute atomic E-state index is 12.4. The third kappa shape index (κ3) is 3.64. The number of amides is 2. The van der Waals surface area contributed by atoms with Crippen LogP contribution in [0.5, 0.6) is 0 Å². The van der Waals surface area contributed by atoms with Crippen molar-refractivity contribution in [2.75, 3.05) is 19.8 Å². The Morgan fingerprint density at radius 3 is 2.45 bits per heavy atom. The van der Waals surface area contributed by atoms with E-state index in [1.54, 1.807) is 22.0 Å². The lowest BCUT2D eigenvalue weighted by Crippen LogP contribution is -2.52. The van der Waals surface area contributed by atoms with Crippen molar-refractivity contribution in [3.63, 3.8) is 0 Å². The molecule has 0 radical (unpaired) electrons. The summed E-state index contributed by atoms with van der Waals surface area (Å²) < 4.78 is 0. The van der Waals surface area contributed by atoms with Gasteiger partial charge in [0.25, 0.3) is 11.8 Å². The van der Waals surface area contributed by atoms with Crippen molar-refractivity contribution in [3.8, 4) is 0 Å². The summed E-state index contributed by atoms with van der Waals surface area (Å²) in [6.45, 7) is 6.98. The monoisotopic (exact) mass is 298 g/mol. The van der Waals surface area contributed by atoms with E-state index in [0.717, 1.165) is 6.42 Å². The van der Waals surface area contributed by atoms with E-state index < -0.39 is 0 Å². The lowest BCUT2D eigenvalue weighted by Gasteiger charge is -2.35. The summed E-state index contributed by atoms with van der Waals surface area (Å²) in [4.78, 5) is 28.1. The fourth-order valence-electron chi connectivity index (χ4n) is 2.51. The van der Waals surface area contributed by atoms with Crippen LogP contribution in [0.4, 0.5) is 0 Å². The summed E-state index contributed by atoms with van der Waals surface area (Å²) in [6, 6.07) is 10.0. The normalized spacial score (nSPS) is 17.2. The first kappa shape index (κ1) is 16.0. The molecule has 0 N–H and O–H groups in total. The molecule has 1 aromatic carbocycles. The van der Waals surface area contributed by atoms with E-state index in [1.165, 1.54) is 5.56 Å². The minimum absolute atomic E-state index is 0.166. The highest BCUT2D eigenvalue weighted by Crippen LogP contribution is 2.16. The van der Waals surface area contributed by atoms with Crippen LogP contribution in [-0.2, 0) is 16.0 Å². The van der Waals surface area contributed by atoms with Crippen LogP contribution in [0.25, 0.3) is 0 Å². The standard InChI is InChI=1S/C18H22N2O2/c1-3-13-20-14-19(4-2)17(21)16(18(20)22)12-8-11-15-9-6-5-7-10-15/h3,5-7,9-10,12H,1,4,8,11,13-14H2,2H3/b16-12-. The molecule has 1 saturated heterocycles. The zero-order valence-electron chi connectivity index (χ0n) is 13.0. The van der Waals surface area contributed by atoms with Gasteiger partial charge in [-0.3, -0.25) is 9.59 Å². The van der Waals surface area contributed by atoms with Crippen molar-refractivity contribution in [3.05, 3.63) is 60.2 Å². The number of likely N-dealkylation sites (N-methyl/N-ethyl adjacent to an activating group) is 1. The molecule has 4 nitrogen and oxygen atoms in total. The number of benzene rings is 1. The van der Waals surface area contributed by atoms with E-state index in [4.69, 9.17) is 0 Å². The van der Waals surface area contributed by atoms with Gasteiger partial charge in [-0.1, -0.05) is 42.5 Å². The highest BCUT2D eigenvalue weighted by Gasteiger charge is 2.33. The summed E-state index contributed by atoms with van der Waals surface area (Å²) in [7, 11) is 0. The molecule has 0 aliphatic carbocycles. The van der Waals surface area contributed by atoms with Gasteiger partial charge in [0.05, 0.1) is 6.67 Å². The van der Waals surface area contributed by atoms with Crippen LogP contribution in [0.15, 0.2) is 54.6 Å². The fraction of sp³-hybridized carbons (Fsp3) is 0.333. The Hall–Kier alpha value is -2.36. The predicted octanol–water partition coefficient (Wildman–Crippen LogP) is 2.38. The maximum Gasteiger partial charge on any atom is 0.260 e. The van der Waals surface area contributed by atoms with Gasteiger partial charge in [-0.05, 0) is 25.3 Å². The topological polar surface area (TPSA) is 40.6 Å². The summed E-state index contributed by atoms with van der Waals surface area (Å²) in [6.07, 6.45) is 4.95. The van der Waals surface area contributed by atoms with E-state index in [1.807, 2.05) is 37.3 Å². The molecule has 1 aromatic rings. The van der Waals surface area contributed by atoms with E-state index in [0.29, 0.717) is 26.2 Å². The van der Waals surface area contributed by atoms with Gasteiger partial charge in [-0.15, -0.1) is 6.58 Å². The van der Waals surface area contributed by atoms with Crippen LogP contribution in [0.1, 0.15) is 18.9 Å². The molecule has 22 heavy (non-hydrogen) atoms. The number of carbonyl (C=O) groups excluding carboxylic acids is 2. The Kier molecular flexibility index (Phi) is 5.53. The summed E-state index contributed by atoms with van der Waals surface area (Å²) in [5.74, 6) is -0.358. The van der Waals surface area contributed by atoms with Crippen molar-refractivity contribution in [2.24, 2.45) is 0 Å². The van der Waals surface area contributed by atoms with Crippen molar-refractivity contribution < 1.29 is 9.59 Å². The highest BCUT2D eigenvalue weighted by molar-refractivity contribution is 6.19. The zero-order chi connectivity index (χ0) is 15.9. The highest BCUT2D eigenvalue weighted by atomic mass is 16.2. The van der Waals surface area contributed by atoms with Gasteiger partial charge in [-0.2, -0.15) is 0 Å². The second kappa shape index (κ2) is 7.59. The number of hydrogen-bond acceptors (Lipinski definition) is 2. The number of carbonyl (C=O) groups is 2. The average Bonchev–Trinajstić information content (AvgIpc) is 2.54. The molecule has 0 atom stereocenters. The molecule has 1 fully saturated rings. The van der Waals surface area contributed by atoms with E-state index in [-0.39, 0.29) is 17.4 Å². The average molecular weight is 298 g/mol. The minimum atomic E-state index is -0.192. The minimum Gasteiger partial charge on any atom is -0.321 e. The van der Waals surface area contributed by atoms with Crippen LogP contribution in [-0.4, -0.2) is 41.4 Å². The molecule has 0 aromatic heterocycles. The number of hydrogen-bond donors (Lipinski definition) is 0. The number of aryl methyl sites for hydroxylation is 1. The smallest absolute Gasteiger partial charge is 0.260 e. The van der Waals surface area contributed by atoms with Gasteiger partial charge in [-0.25, -0.2) is 0 Å². The molecule has 4 heteroatoms. The summed E-state index contributed by atoms with van der Waals surface area (Å²) in [5.41, 5.74) is 1.48. The van der Waals surface area contributed by atoms with Crippen molar-refractivity contribution in [2.45, 2.75) is 19.8 Å². The van der Waals surface area contributed by atoms with Crippen LogP contribution < -0.4 is 0 Å². The van der Waals surface area contributed by atoms with Gasteiger partial charge in [0.1, 0.15) is 5.57 Å². The molecule has 0 saturated carbocycles. The van der Waals surface area contributed by atoms with Gasteiger partial charge in [0, 0.05) is 13.1 Å². The Morgan fingerprint density at radius 1 is 1.14 bits per heavy atom. The van der Waals surface area contributed by atoms with Crippen molar-refractivity contribution in [1.82, 2.24) is 9.80 Å². The van der Waals surface area contributed by atoms with Crippen molar-refractivity contribution >= 4 is 11.8 Å². The summed E-state index contributed by atoms with van der Waals surface area (Å²) >= 11 is 0. The van der Waals surface area contributed by atoms with Gasteiger partial charge in [0.2, 0.25) is 0 Å². The molecule has 1 heterocycles. The van der Waals surface area contributed by atoms with Crippen LogP contribution in [0.2, 0.25) is 0 Å². The predicted molar refractivity (Wildman–Crippen MR) is 87.0 cm³/mol. The zero-order valence-corrected chi connectivity index (χ0v) is 13.0. The lowest BCUT2D eigenvalue weighted by molar-refractivity contribution is -0.143. The fourth-order valence-corrected chi connectivity index (χ4v) is 2.51. The Balaban J connectivity index is 2.10. The quantitative estimate of drug-likeness (QED) is 0.459. The van der Waals surface area contributed by atoms with Crippen LogP contribution in [0.3, 0.4) is 0 Å². The van der Waals surface area contributed by atoms with E-state index in [9.17, 15) is 9.59 Å². The molecule has 0 bridgehead atoms.